The quantitative estimate of drug-likeness (QED) is 0.0142. The third-order valence-corrected chi connectivity index (χ3v) is 25.8. The molecule has 8 aromatic rings. The molecular formula is C66H76N24O22S6-2. The summed E-state index contributed by atoms with van der Waals surface area (Å²) in [6, 6.07) is 25.0. The predicted octanol–water partition coefficient (Wildman–Crippen LogP) is 4.49. The van der Waals surface area contributed by atoms with Crippen LogP contribution in [0.5, 0.6) is 0 Å². The van der Waals surface area contributed by atoms with Crippen molar-refractivity contribution in [3.05, 3.63) is 145 Å². The summed E-state index contributed by atoms with van der Waals surface area (Å²) in [4.78, 5) is 28.5. The Morgan fingerprint density at radius 3 is 0.788 bits per heavy atom. The van der Waals surface area contributed by atoms with Gasteiger partial charge >= 0.3 is 0 Å². The second-order valence-electron chi connectivity index (χ2n) is 25.0. The number of hydrogen-bond acceptors (Lipinski definition) is 32. The minimum Gasteiger partial charge on any atom is -0.862 e. The Kier molecular flexibility index (Phi) is 29.9. The van der Waals surface area contributed by atoms with E-state index in [0.717, 1.165) is 102 Å². The van der Waals surface area contributed by atoms with Gasteiger partial charge in [0.2, 0.25) is 75.1 Å². The Hall–Kier alpha value is -12.6. The third-order valence-electron chi connectivity index (χ3n) is 16.3. The molecule has 0 aliphatic rings. The minimum absolute atomic E-state index is 0.0938. The van der Waals surface area contributed by atoms with Gasteiger partial charge in [-0.2, -0.15) is 54.0 Å². The molecule has 0 unspecified atom stereocenters. The molecule has 2 aromatic heterocycles. The van der Waals surface area contributed by atoms with Crippen molar-refractivity contribution < 1.29 is 100 Å². The van der Waals surface area contributed by atoms with Crippen molar-refractivity contribution in [3.63, 3.8) is 0 Å². The lowest BCUT2D eigenvalue weighted by Crippen LogP contribution is -2.37. The van der Waals surface area contributed by atoms with Crippen molar-refractivity contribution in [2.75, 3.05) is 73.6 Å². The maximum atomic E-state index is 13.8. The summed E-state index contributed by atoms with van der Waals surface area (Å²) in [6.07, 6.45) is -3.52. The molecule has 52 heteroatoms. The molecule has 6 aromatic carbocycles. The highest BCUT2D eigenvalue weighted by Gasteiger charge is 2.31. The van der Waals surface area contributed by atoms with Gasteiger partial charge in [-0.1, -0.05) is 12.1 Å². The minimum atomic E-state index is -5.46. The van der Waals surface area contributed by atoms with Gasteiger partial charge in [-0.3, -0.25) is 51.5 Å². The molecule has 0 bridgehead atoms. The fourth-order valence-corrected chi connectivity index (χ4v) is 17.8. The van der Waals surface area contributed by atoms with Gasteiger partial charge < -0.3 is 72.9 Å². The van der Waals surface area contributed by atoms with E-state index >= 15 is 0 Å². The number of rotatable bonds is 45. The number of anilines is 8. The van der Waals surface area contributed by atoms with Crippen LogP contribution in [0, 0.1) is 43.3 Å². The molecule has 8 rings (SSSR count). The average Bonchev–Trinajstić information content (AvgIpc) is 0.766. The highest BCUT2D eigenvalue weighted by molar-refractivity contribution is 7.90. The second-order valence-corrected chi connectivity index (χ2v) is 35.5. The number of nitrogens with zero attached hydrogens (tertiary/aromatic N) is 10. The Labute approximate surface area is 672 Å². The maximum Gasteiger partial charge on any atom is 0.295 e. The van der Waals surface area contributed by atoms with Gasteiger partial charge in [-0.25, -0.2) is 43.7 Å². The number of aliphatic hydroxyl groups excluding tert-OH is 6. The number of aromatic amines is 2. The van der Waals surface area contributed by atoms with E-state index < -0.39 is 243 Å². The molecule has 22 N–H and O–H groups in total. The lowest BCUT2D eigenvalue weighted by Gasteiger charge is -2.24. The van der Waals surface area contributed by atoms with Crippen molar-refractivity contribution in [1.29, 1.82) is 43.3 Å². The van der Waals surface area contributed by atoms with Crippen LogP contribution in [-0.4, -0.2) is 237 Å². The molecule has 0 amide bonds. The number of aliphatic hydroxyl groups is 6. The fraction of sp³-hybridized carbons (Fsp3) is 0.242. The molecule has 0 atom stereocenters. The topological polar surface area (TPSA) is 773 Å². The molecule has 118 heavy (non-hydrogen) atoms. The van der Waals surface area contributed by atoms with E-state index in [9.17, 15) is 100 Å². The smallest absolute Gasteiger partial charge is 0.295 e. The molecule has 2 heterocycles. The van der Waals surface area contributed by atoms with Crippen LogP contribution in [-0.2, 0) is 60.3 Å². The van der Waals surface area contributed by atoms with Crippen LogP contribution in [0.25, 0.3) is 11.1 Å². The first-order valence-electron chi connectivity index (χ1n) is 34.1. The van der Waals surface area contributed by atoms with Crippen LogP contribution >= 0.6 is 0 Å². The van der Waals surface area contributed by atoms with Crippen LogP contribution in [0.15, 0.2) is 173 Å². The van der Waals surface area contributed by atoms with Crippen molar-refractivity contribution >= 4 is 165 Å². The van der Waals surface area contributed by atoms with Gasteiger partial charge in [-0.15, -0.1) is 0 Å². The van der Waals surface area contributed by atoms with Crippen LogP contribution < -0.4 is 42.7 Å². The van der Waals surface area contributed by atoms with E-state index in [2.05, 4.69) is 61.2 Å². The van der Waals surface area contributed by atoms with E-state index in [-0.39, 0.29) is 77.5 Å². The van der Waals surface area contributed by atoms with E-state index in [1.54, 1.807) is 0 Å². The zero-order valence-corrected chi connectivity index (χ0v) is 66.1. The van der Waals surface area contributed by atoms with Crippen molar-refractivity contribution in [1.82, 2.24) is 47.1 Å². The van der Waals surface area contributed by atoms with Gasteiger partial charge in [-0.05, 0) is 146 Å². The van der Waals surface area contributed by atoms with Gasteiger partial charge in [0.15, 0.2) is 35.4 Å². The summed E-state index contributed by atoms with van der Waals surface area (Å²) >= 11 is 0. The normalized spacial score (nSPS) is 12.5. The summed E-state index contributed by atoms with van der Waals surface area (Å²) in [5.74, 6) is -8.44. The monoisotopic (exact) mass is 1750 g/mol. The molecule has 0 radical (unpaired) electrons. The van der Waals surface area contributed by atoms with Crippen molar-refractivity contribution in [3.8, 4) is 11.1 Å². The van der Waals surface area contributed by atoms with Gasteiger partial charge in [0.25, 0.3) is 20.2 Å². The van der Waals surface area contributed by atoms with Gasteiger partial charge in [0.05, 0.1) is 31.0 Å². The molecule has 0 aliphatic heterocycles. The fourth-order valence-electron chi connectivity index (χ4n) is 10.6. The number of hydrogen-bond donors (Lipinski definition) is 22. The van der Waals surface area contributed by atoms with E-state index in [0.29, 0.717) is 0 Å². The standard InChI is InChI=1S/C66H78N24O22S6/c67-53(91)21-29-87(30-22-54(68)92)113(99,100)45-11-1-39(2-12-45)75-61-81-62(76-40-3-13-46(14-4-40)114(101,102)88(31-23-55(69)93)32-24-56(70)94)84-65(83-61)79-43-9-19-49(51(37-43)117(107,108)109)50-20-10-44(38-52(50)118(110,111)112)80-66-85-63(77-41-5-15-47(16-6-41)115(103,104)89(33-25-57(71)95)34-26-58(72)96)82-64(86-66)78-42-7-17-48(18-8-42)116(105,106)90(35-27-59(73)97)36-28-60(74)98/h1-20,37-38H,21-36H2,(H2,67,91)(H2,68,92)(H2,69,93)(H2,70,94)(H2,71,95)(H2,72,96)(H2,73,97)(H2,74,98)(H,107,108,109)(H,110,111,112)(H3,75,76,79,81,83,84)(H3,77,78,80,82,85,86)/p-2. The molecule has 46 nitrogen and oxygen atoms in total. The first-order valence-corrected chi connectivity index (χ1v) is 42.8. The van der Waals surface area contributed by atoms with Crippen LogP contribution in [0.2, 0.25) is 0 Å². The third kappa shape index (κ3) is 25.7. The molecule has 0 saturated carbocycles. The highest BCUT2D eigenvalue weighted by Crippen LogP contribution is 2.37. The Bertz CT molecular complexity index is 5340. The summed E-state index contributed by atoms with van der Waals surface area (Å²) in [7, 11) is -28.6. The van der Waals surface area contributed by atoms with Crippen LogP contribution in [0.1, 0.15) is 51.4 Å². The average molecular weight is 1750 g/mol. The molecular weight excluding hydrogens is 1670 g/mol. The molecule has 0 spiro atoms. The second kappa shape index (κ2) is 38.9. The summed E-state index contributed by atoms with van der Waals surface area (Å²) < 4.78 is 189. The lowest BCUT2D eigenvalue weighted by atomic mass is 10.0. The SMILES string of the molecule is N=C([O-])CCN(CCC(=N)[O-])S(=O)(=O)c1ccc(Nc2nc(Nc3ccc(S(=O)(=O)N(CCC(=N)O)CCC(=N)O)cc3)nc(=Nc3ccc(-c4ccc(N=c5nc(Nc6ccc(S(=O)(=O)N(CCC(=N)O)CCC(=N)O)cc6)nc(Nc6ccc(S(=O)(=O)N(CCC(=N)O)CCC(=N)O)cc6)[nH]5)cc4S(=O)(=O)O)c(S(=O)(=O)O)c3)[nH]2)cc1. The Balaban J connectivity index is 1.20. The zero-order valence-electron chi connectivity index (χ0n) is 61.2. The van der Waals surface area contributed by atoms with Gasteiger partial charge in [0, 0.05) is 125 Å². The predicted molar refractivity (Wildman–Crippen MR) is 423 cm³/mol. The molecule has 630 valence electrons. The van der Waals surface area contributed by atoms with E-state index in [4.69, 9.17) is 43.3 Å². The van der Waals surface area contributed by atoms with Crippen molar-refractivity contribution in [2.24, 2.45) is 9.98 Å². The zero-order chi connectivity index (χ0) is 86.8. The number of sulfonamides is 4. The Morgan fingerprint density at radius 2 is 0.568 bits per heavy atom. The Morgan fingerprint density at radius 1 is 0.339 bits per heavy atom. The van der Waals surface area contributed by atoms with Crippen molar-refractivity contribution in [2.45, 2.75) is 80.7 Å². The lowest BCUT2D eigenvalue weighted by molar-refractivity contribution is -0.220. The number of benzene rings is 6. The largest absolute Gasteiger partial charge is 0.862 e. The first-order chi connectivity index (χ1) is 55.3. The first kappa shape index (κ1) is 90.9. The number of aromatic nitrogens is 6. The number of nitrogens with one attached hydrogen (secondary N) is 14. The number of H-pyrrole nitrogens is 2. The van der Waals surface area contributed by atoms with E-state index in [1.165, 1.54) is 48.5 Å². The molecule has 0 fully saturated rings. The summed E-state index contributed by atoms with van der Waals surface area (Å²) in [6.45, 7) is -3.42. The summed E-state index contributed by atoms with van der Waals surface area (Å²) in [5.41, 5.74) is -2.35. The molecule has 0 saturated heterocycles. The van der Waals surface area contributed by atoms with E-state index in [1.807, 2.05) is 0 Å². The van der Waals surface area contributed by atoms with Crippen LogP contribution in [0.3, 0.4) is 0 Å². The molecule has 0 aliphatic carbocycles. The highest BCUT2D eigenvalue weighted by atomic mass is 32.2. The van der Waals surface area contributed by atoms with Crippen LogP contribution in [0.4, 0.5) is 57.9 Å². The summed E-state index contributed by atoms with van der Waals surface area (Å²) in [5, 5.41) is 151. The maximum absolute atomic E-state index is 13.8. The van der Waals surface area contributed by atoms with Gasteiger partial charge in [0.1, 0.15) is 9.79 Å².